The van der Waals surface area contributed by atoms with Gasteiger partial charge in [-0.05, 0) is 47.2 Å². The lowest BCUT2D eigenvalue weighted by Crippen LogP contribution is -2.35. The minimum absolute atomic E-state index is 0.0450. The van der Waals surface area contributed by atoms with E-state index in [1.807, 2.05) is 12.1 Å². The van der Waals surface area contributed by atoms with Gasteiger partial charge in [0.25, 0.3) is 5.91 Å². The van der Waals surface area contributed by atoms with Gasteiger partial charge in [0, 0.05) is 14.1 Å². The minimum atomic E-state index is -2.97. The van der Waals surface area contributed by atoms with Gasteiger partial charge in [-0.25, -0.2) is 8.42 Å². The molecule has 1 fully saturated rings. The highest BCUT2D eigenvalue weighted by Crippen LogP contribution is 2.19. The third kappa shape index (κ3) is 3.45. The van der Waals surface area contributed by atoms with E-state index < -0.39 is 9.84 Å². The average Bonchev–Trinajstić information content (AvgIpc) is 2.61. The van der Waals surface area contributed by atoms with E-state index >= 15 is 0 Å². The van der Waals surface area contributed by atoms with Gasteiger partial charge in [-0.3, -0.25) is 4.79 Å². The molecule has 0 spiro atoms. The molecule has 1 aliphatic rings. The minimum Gasteiger partial charge on any atom is -0.348 e. The standard InChI is InChI=1S/C11H11BrINO3S/c12-7-1-2-10(13)9(5-7)11(15)14-8-3-4-18(16,17)6-8/h1-2,5,8H,3-4,6H2,(H,14,15). The topological polar surface area (TPSA) is 63.2 Å². The molecule has 1 aliphatic heterocycles. The third-order valence-electron chi connectivity index (χ3n) is 2.74. The van der Waals surface area contributed by atoms with E-state index in [-0.39, 0.29) is 23.5 Å². The molecule has 1 unspecified atom stereocenters. The summed E-state index contributed by atoms with van der Waals surface area (Å²) in [5.41, 5.74) is 0.564. The van der Waals surface area contributed by atoms with Crippen molar-refractivity contribution >= 4 is 54.3 Å². The quantitative estimate of drug-likeness (QED) is 0.711. The Morgan fingerprint density at radius 3 is 2.78 bits per heavy atom. The second-order valence-corrected chi connectivity index (χ2v) is 8.50. The Kier molecular flexibility index (Phi) is 4.32. The molecule has 0 aliphatic carbocycles. The van der Waals surface area contributed by atoms with Crippen molar-refractivity contribution < 1.29 is 13.2 Å². The summed E-state index contributed by atoms with van der Waals surface area (Å²) < 4.78 is 24.3. The predicted octanol–water partition coefficient (Wildman–Crippen LogP) is 1.97. The molecule has 1 atom stereocenters. The molecule has 98 valence electrons. The summed E-state index contributed by atoms with van der Waals surface area (Å²) >= 11 is 5.40. The lowest BCUT2D eigenvalue weighted by Gasteiger charge is -2.12. The van der Waals surface area contributed by atoms with Crippen LogP contribution in [0.5, 0.6) is 0 Å². The number of amides is 1. The number of hydrogen-bond donors (Lipinski definition) is 1. The Hall–Kier alpha value is -0.150. The zero-order valence-electron chi connectivity index (χ0n) is 9.32. The van der Waals surface area contributed by atoms with Crippen molar-refractivity contribution in [3.8, 4) is 0 Å². The summed E-state index contributed by atoms with van der Waals surface area (Å²) in [6, 6.07) is 5.17. The van der Waals surface area contributed by atoms with Gasteiger partial charge in [0.15, 0.2) is 9.84 Å². The second kappa shape index (κ2) is 5.46. The lowest BCUT2D eigenvalue weighted by molar-refractivity contribution is 0.0940. The van der Waals surface area contributed by atoms with Crippen molar-refractivity contribution in [1.29, 1.82) is 0 Å². The Morgan fingerprint density at radius 1 is 1.44 bits per heavy atom. The summed E-state index contributed by atoms with van der Waals surface area (Å²) in [4.78, 5) is 12.1. The maximum absolute atomic E-state index is 12.1. The number of carbonyl (C=O) groups is 1. The Morgan fingerprint density at radius 2 is 2.17 bits per heavy atom. The van der Waals surface area contributed by atoms with Crippen LogP contribution in [0.3, 0.4) is 0 Å². The SMILES string of the molecule is O=C(NC1CCS(=O)(=O)C1)c1cc(Br)ccc1I. The molecular formula is C11H11BrINO3S. The van der Waals surface area contributed by atoms with Gasteiger partial charge >= 0.3 is 0 Å². The first-order valence-electron chi connectivity index (χ1n) is 5.34. The van der Waals surface area contributed by atoms with Crippen LogP contribution >= 0.6 is 38.5 Å². The Balaban J connectivity index is 2.11. The van der Waals surface area contributed by atoms with Crippen LogP contribution < -0.4 is 5.32 Å². The van der Waals surface area contributed by atoms with Crippen LogP contribution in [0.25, 0.3) is 0 Å². The normalized spacial score (nSPS) is 21.8. The van der Waals surface area contributed by atoms with Gasteiger partial charge in [0.1, 0.15) is 0 Å². The largest absolute Gasteiger partial charge is 0.348 e. The number of hydrogen-bond acceptors (Lipinski definition) is 3. The van der Waals surface area contributed by atoms with Crippen LogP contribution in [0, 0.1) is 3.57 Å². The monoisotopic (exact) mass is 443 g/mol. The molecule has 0 aromatic heterocycles. The second-order valence-electron chi connectivity index (χ2n) is 4.20. The molecule has 1 aromatic rings. The molecule has 4 nitrogen and oxygen atoms in total. The van der Waals surface area contributed by atoms with Crippen LogP contribution in [0.1, 0.15) is 16.8 Å². The van der Waals surface area contributed by atoms with Gasteiger partial charge in [-0.2, -0.15) is 0 Å². The lowest BCUT2D eigenvalue weighted by atomic mass is 10.2. The zero-order valence-corrected chi connectivity index (χ0v) is 13.9. The van der Waals surface area contributed by atoms with Crippen LogP contribution in [0.2, 0.25) is 0 Å². The van der Waals surface area contributed by atoms with E-state index in [0.29, 0.717) is 12.0 Å². The fourth-order valence-corrected chi connectivity index (χ4v) is 4.46. The molecular weight excluding hydrogens is 433 g/mol. The van der Waals surface area contributed by atoms with E-state index in [4.69, 9.17) is 0 Å². The summed E-state index contributed by atoms with van der Waals surface area (Å²) in [7, 11) is -2.97. The molecule has 0 radical (unpaired) electrons. The van der Waals surface area contributed by atoms with Gasteiger partial charge in [-0.15, -0.1) is 0 Å². The molecule has 1 saturated heterocycles. The fraction of sp³-hybridized carbons (Fsp3) is 0.364. The Bertz CT molecular complexity index is 588. The molecule has 1 N–H and O–H groups in total. The van der Waals surface area contributed by atoms with Gasteiger partial charge in [0.05, 0.1) is 17.1 Å². The van der Waals surface area contributed by atoms with E-state index in [0.717, 1.165) is 8.04 Å². The number of sulfone groups is 1. The molecule has 18 heavy (non-hydrogen) atoms. The van der Waals surface area contributed by atoms with Gasteiger partial charge < -0.3 is 5.32 Å². The van der Waals surface area contributed by atoms with Gasteiger partial charge in [-0.1, -0.05) is 15.9 Å². The third-order valence-corrected chi connectivity index (χ3v) is 5.94. The van der Waals surface area contributed by atoms with Crippen LogP contribution in [0.4, 0.5) is 0 Å². The Labute approximate surface area is 128 Å². The summed E-state index contributed by atoms with van der Waals surface area (Å²) in [6.07, 6.45) is 0.499. The van der Waals surface area contributed by atoms with E-state index in [2.05, 4.69) is 43.8 Å². The molecule has 2 rings (SSSR count). The first kappa shape index (κ1) is 14.3. The maximum Gasteiger partial charge on any atom is 0.252 e. The van der Waals surface area contributed by atoms with E-state index in [1.54, 1.807) is 6.07 Å². The predicted molar refractivity (Wildman–Crippen MR) is 81.4 cm³/mol. The smallest absolute Gasteiger partial charge is 0.252 e. The van der Waals surface area contributed by atoms with Crippen LogP contribution in [0.15, 0.2) is 22.7 Å². The maximum atomic E-state index is 12.1. The number of halogens is 2. The molecule has 0 bridgehead atoms. The van der Waals surface area contributed by atoms with E-state index in [1.165, 1.54) is 0 Å². The summed E-state index contributed by atoms with van der Waals surface area (Å²) in [6.45, 7) is 0. The summed E-state index contributed by atoms with van der Waals surface area (Å²) in [5.74, 6) is -0.0144. The molecule has 0 saturated carbocycles. The number of benzene rings is 1. The number of rotatable bonds is 2. The molecule has 1 heterocycles. The van der Waals surface area contributed by atoms with Crippen molar-refractivity contribution in [3.05, 3.63) is 31.8 Å². The first-order chi connectivity index (χ1) is 8.37. The highest BCUT2D eigenvalue weighted by Gasteiger charge is 2.29. The van der Waals surface area contributed by atoms with Crippen molar-refractivity contribution in [1.82, 2.24) is 5.32 Å². The van der Waals surface area contributed by atoms with E-state index in [9.17, 15) is 13.2 Å². The van der Waals surface area contributed by atoms with Crippen molar-refractivity contribution in [2.45, 2.75) is 12.5 Å². The van der Waals surface area contributed by atoms with Crippen molar-refractivity contribution in [2.24, 2.45) is 0 Å². The highest BCUT2D eigenvalue weighted by atomic mass is 127. The molecule has 1 amide bonds. The highest BCUT2D eigenvalue weighted by molar-refractivity contribution is 14.1. The molecule has 7 heteroatoms. The summed E-state index contributed by atoms with van der Waals surface area (Å²) in [5, 5.41) is 2.78. The fourth-order valence-electron chi connectivity index (χ4n) is 1.84. The van der Waals surface area contributed by atoms with Crippen LogP contribution in [-0.2, 0) is 9.84 Å². The zero-order chi connectivity index (χ0) is 13.3. The van der Waals surface area contributed by atoms with Gasteiger partial charge in [0.2, 0.25) is 0 Å². The average molecular weight is 444 g/mol. The van der Waals surface area contributed by atoms with Crippen LogP contribution in [-0.4, -0.2) is 31.9 Å². The first-order valence-corrected chi connectivity index (χ1v) is 9.03. The van der Waals surface area contributed by atoms with Crippen molar-refractivity contribution in [3.63, 3.8) is 0 Å². The molecule has 1 aromatic carbocycles. The van der Waals surface area contributed by atoms with Crippen molar-refractivity contribution in [2.75, 3.05) is 11.5 Å². The number of carbonyl (C=O) groups excluding carboxylic acids is 1. The number of nitrogens with one attached hydrogen (secondary N) is 1.